The van der Waals surface area contributed by atoms with Gasteiger partial charge in [-0.05, 0) is 30.7 Å². The first-order chi connectivity index (χ1) is 14.7. The molecular formula is C21H21N5O3S. The number of nitrogens with zero attached hydrogens (tertiary/aromatic N) is 4. The number of amides is 2. The fraction of sp³-hybridized carbons (Fsp3) is 0.238. The number of thioether (sulfide) groups is 1. The summed E-state index contributed by atoms with van der Waals surface area (Å²) in [7, 11) is 1.60. The molecule has 1 aliphatic heterocycles. The number of ether oxygens (including phenoxy) is 1. The van der Waals surface area contributed by atoms with Crippen LogP contribution in [-0.4, -0.2) is 46.0 Å². The Morgan fingerprint density at radius 2 is 1.93 bits per heavy atom. The van der Waals surface area contributed by atoms with Crippen molar-refractivity contribution in [1.29, 1.82) is 0 Å². The first kappa shape index (κ1) is 20.0. The molecule has 0 spiro atoms. The predicted octanol–water partition coefficient (Wildman–Crippen LogP) is 3.13. The van der Waals surface area contributed by atoms with Gasteiger partial charge in [0, 0.05) is 13.0 Å². The minimum atomic E-state index is -0.186. The Morgan fingerprint density at radius 3 is 2.70 bits per heavy atom. The van der Waals surface area contributed by atoms with Crippen LogP contribution < -0.4 is 15.0 Å². The third-order valence-corrected chi connectivity index (χ3v) is 5.68. The molecule has 1 N–H and O–H groups in total. The molecule has 0 radical (unpaired) electrons. The normalized spacial score (nSPS) is 13.5. The SMILES string of the molecule is COc1ccccc1-n1cnnc1SCC(=O)Nc1ccccc1N1CCCC1=O. The molecule has 0 unspecified atom stereocenters. The Bertz CT molecular complexity index is 1070. The summed E-state index contributed by atoms with van der Waals surface area (Å²) in [4.78, 5) is 26.4. The van der Waals surface area contributed by atoms with Crippen LogP contribution in [0.4, 0.5) is 11.4 Å². The second-order valence-corrected chi connectivity index (χ2v) is 7.60. The zero-order valence-corrected chi connectivity index (χ0v) is 17.3. The van der Waals surface area contributed by atoms with Crippen LogP contribution >= 0.6 is 11.8 Å². The minimum Gasteiger partial charge on any atom is -0.495 e. The van der Waals surface area contributed by atoms with Gasteiger partial charge in [-0.25, -0.2) is 0 Å². The number of carbonyl (C=O) groups excluding carboxylic acids is 2. The van der Waals surface area contributed by atoms with Crippen molar-refractivity contribution in [1.82, 2.24) is 14.8 Å². The van der Waals surface area contributed by atoms with E-state index >= 15 is 0 Å². The smallest absolute Gasteiger partial charge is 0.234 e. The van der Waals surface area contributed by atoms with E-state index in [-0.39, 0.29) is 17.6 Å². The molecule has 1 aromatic heterocycles. The highest BCUT2D eigenvalue weighted by atomic mass is 32.2. The fourth-order valence-corrected chi connectivity index (χ4v) is 4.07. The number of para-hydroxylation sites is 4. The van der Waals surface area contributed by atoms with Crippen molar-refractivity contribution < 1.29 is 14.3 Å². The van der Waals surface area contributed by atoms with Gasteiger partial charge >= 0.3 is 0 Å². The summed E-state index contributed by atoms with van der Waals surface area (Å²) >= 11 is 1.27. The molecule has 2 heterocycles. The summed E-state index contributed by atoms with van der Waals surface area (Å²) < 4.78 is 7.19. The van der Waals surface area contributed by atoms with Gasteiger partial charge in [0.25, 0.3) is 0 Å². The fourth-order valence-electron chi connectivity index (χ4n) is 3.35. The number of carbonyl (C=O) groups is 2. The first-order valence-corrected chi connectivity index (χ1v) is 10.5. The Hall–Kier alpha value is -3.33. The summed E-state index contributed by atoms with van der Waals surface area (Å²) in [6, 6.07) is 14.9. The van der Waals surface area contributed by atoms with Crippen LogP contribution in [0, 0.1) is 0 Å². The summed E-state index contributed by atoms with van der Waals surface area (Å²) in [5.41, 5.74) is 2.16. The highest BCUT2D eigenvalue weighted by Crippen LogP contribution is 2.30. The highest BCUT2D eigenvalue weighted by Gasteiger charge is 2.24. The van der Waals surface area contributed by atoms with Crippen LogP contribution in [0.2, 0.25) is 0 Å². The molecule has 1 fully saturated rings. The molecule has 9 heteroatoms. The molecule has 3 aromatic rings. The Balaban J connectivity index is 1.45. The van der Waals surface area contributed by atoms with E-state index in [1.165, 1.54) is 11.8 Å². The van der Waals surface area contributed by atoms with E-state index in [1.807, 2.05) is 42.5 Å². The third-order valence-electron chi connectivity index (χ3n) is 4.74. The van der Waals surface area contributed by atoms with Crippen LogP contribution in [0.25, 0.3) is 5.69 Å². The molecule has 2 aromatic carbocycles. The lowest BCUT2D eigenvalue weighted by atomic mass is 10.2. The Labute approximate surface area is 178 Å². The van der Waals surface area contributed by atoms with E-state index in [0.717, 1.165) is 17.8 Å². The maximum absolute atomic E-state index is 12.6. The van der Waals surface area contributed by atoms with Gasteiger partial charge in [0.05, 0.1) is 29.9 Å². The van der Waals surface area contributed by atoms with Gasteiger partial charge in [-0.1, -0.05) is 36.0 Å². The molecule has 1 aliphatic rings. The number of rotatable bonds is 7. The predicted molar refractivity (Wildman–Crippen MR) is 115 cm³/mol. The molecule has 1 saturated heterocycles. The second-order valence-electron chi connectivity index (χ2n) is 6.66. The molecule has 0 saturated carbocycles. The Kier molecular flexibility index (Phi) is 5.99. The summed E-state index contributed by atoms with van der Waals surface area (Å²) in [6.07, 6.45) is 2.96. The molecule has 8 nitrogen and oxygen atoms in total. The lowest BCUT2D eigenvalue weighted by molar-refractivity contribution is -0.117. The van der Waals surface area contributed by atoms with E-state index in [4.69, 9.17) is 4.74 Å². The quantitative estimate of drug-likeness (QED) is 0.588. The van der Waals surface area contributed by atoms with E-state index in [9.17, 15) is 9.59 Å². The number of aromatic nitrogens is 3. The molecule has 30 heavy (non-hydrogen) atoms. The number of nitrogens with one attached hydrogen (secondary N) is 1. The van der Waals surface area contributed by atoms with E-state index in [2.05, 4.69) is 15.5 Å². The van der Waals surface area contributed by atoms with Crippen LogP contribution in [0.15, 0.2) is 60.0 Å². The zero-order chi connectivity index (χ0) is 20.9. The minimum absolute atomic E-state index is 0.0796. The standard InChI is InChI=1S/C21H21N5O3S/c1-29-18-10-5-4-9-17(18)26-14-22-24-21(26)30-13-19(27)23-15-7-2-3-8-16(15)25-12-6-11-20(25)28/h2-5,7-10,14H,6,11-13H2,1H3,(H,23,27). The number of anilines is 2. The summed E-state index contributed by atoms with van der Waals surface area (Å²) in [6.45, 7) is 0.669. The molecule has 0 aliphatic carbocycles. The van der Waals surface area contributed by atoms with Gasteiger partial charge in [-0.3, -0.25) is 14.2 Å². The van der Waals surface area contributed by atoms with Crippen LogP contribution in [0.3, 0.4) is 0 Å². The van der Waals surface area contributed by atoms with Crippen molar-refractivity contribution in [3.05, 3.63) is 54.9 Å². The van der Waals surface area contributed by atoms with Crippen molar-refractivity contribution >= 4 is 35.0 Å². The summed E-state index contributed by atoms with van der Waals surface area (Å²) in [5.74, 6) is 0.730. The van der Waals surface area contributed by atoms with Crippen molar-refractivity contribution in [3.63, 3.8) is 0 Å². The van der Waals surface area contributed by atoms with Gasteiger partial charge in [0.15, 0.2) is 5.16 Å². The molecule has 4 rings (SSSR count). The van der Waals surface area contributed by atoms with Crippen LogP contribution in [0.5, 0.6) is 5.75 Å². The maximum Gasteiger partial charge on any atom is 0.234 e. The van der Waals surface area contributed by atoms with Gasteiger partial charge in [-0.2, -0.15) is 0 Å². The summed E-state index contributed by atoms with van der Waals surface area (Å²) in [5, 5.41) is 11.6. The molecule has 0 atom stereocenters. The largest absolute Gasteiger partial charge is 0.495 e. The number of hydrogen-bond donors (Lipinski definition) is 1. The van der Waals surface area contributed by atoms with Crippen molar-refractivity contribution in [2.45, 2.75) is 18.0 Å². The Morgan fingerprint density at radius 1 is 1.17 bits per heavy atom. The van der Waals surface area contributed by atoms with E-state index in [0.29, 0.717) is 29.6 Å². The number of methoxy groups -OCH3 is 1. The van der Waals surface area contributed by atoms with Gasteiger partial charge < -0.3 is 15.0 Å². The van der Waals surface area contributed by atoms with Crippen LogP contribution in [0.1, 0.15) is 12.8 Å². The maximum atomic E-state index is 12.6. The molecule has 2 amide bonds. The monoisotopic (exact) mass is 423 g/mol. The average molecular weight is 423 g/mol. The van der Waals surface area contributed by atoms with E-state index in [1.54, 1.807) is 29.0 Å². The van der Waals surface area contributed by atoms with Gasteiger partial charge in [-0.15, -0.1) is 10.2 Å². The average Bonchev–Trinajstić information content (AvgIpc) is 3.41. The van der Waals surface area contributed by atoms with Crippen molar-refractivity contribution in [2.24, 2.45) is 0 Å². The molecule has 154 valence electrons. The second kappa shape index (κ2) is 9.00. The van der Waals surface area contributed by atoms with Crippen molar-refractivity contribution in [3.8, 4) is 11.4 Å². The molecule has 0 bridgehead atoms. The lowest BCUT2D eigenvalue weighted by Gasteiger charge is -2.19. The van der Waals surface area contributed by atoms with Crippen LogP contribution in [-0.2, 0) is 9.59 Å². The number of hydrogen-bond acceptors (Lipinski definition) is 6. The third kappa shape index (κ3) is 4.16. The van der Waals surface area contributed by atoms with E-state index < -0.39 is 0 Å². The lowest BCUT2D eigenvalue weighted by Crippen LogP contribution is -2.26. The van der Waals surface area contributed by atoms with Crippen molar-refractivity contribution in [2.75, 3.05) is 29.6 Å². The zero-order valence-electron chi connectivity index (χ0n) is 16.4. The first-order valence-electron chi connectivity index (χ1n) is 9.53. The highest BCUT2D eigenvalue weighted by molar-refractivity contribution is 7.99. The molecular weight excluding hydrogens is 402 g/mol. The topological polar surface area (TPSA) is 89.3 Å². The van der Waals surface area contributed by atoms with Gasteiger partial charge in [0.1, 0.15) is 12.1 Å². The number of benzene rings is 2. The van der Waals surface area contributed by atoms with Gasteiger partial charge in [0.2, 0.25) is 11.8 Å².